The van der Waals surface area contributed by atoms with Crippen LogP contribution in [0.15, 0.2) is 83.9 Å². The van der Waals surface area contributed by atoms with Crippen molar-refractivity contribution in [2.75, 3.05) is 5.32 Å². The third-order valence-corrected chi connectivity index (χ3v) is 4.48. The summed E-state index contributed by atoms with van der Waals surface area (Å²) >= 11 is 6.30. The third kappa shape index (κ3) is 5.58. The number of rotatable bonds is 3. The number of para-hydroxylation sites is 2. The number of anilines is 1. The van der Waals surface area contributed by atoms with E-state index in [9.17, 15) is 9.59 Å². The first-order valence-electron chi connectivity index (χ1n) is 10.3. The van der Waals surface area contributed by atoms with Crippen molar-refractivity contribution in [2.45, 2.75) is 27.7 Å². The van der Waals surface area contributed by atoms with Gasteiger partial charge in [-0.3, -0.25) is 14.2 Å². The molecule has 1 N–H and O–H groups in total. The number of amides is 1. The molecule has 6 heteroatoms. The van der Waals surface area contributed by atoms with Crippen molar-refractivity contribution in [3.8, 4) is 5.69 Å². The standard InChI is InChI=1S/C21H14ClN3O2.2C2H6/c22-17-11-10-14(20(26)24-15-6-2-1-3-7-15)12-19(17)25-13-23-18-9-5-4-8-16(18)21(25)27;2*1-2/h1-13H,(H,24,26);2*1-2H3. The Labute approximate surface area is 187 Å². The first-order chi connectivity index (χ1) is 15.1. The number of benzene rings is 3. The lowest BCUT2D eigenvalue weighted by molar-refractivity contribution is 0.102. The molecule has 0 bridgehead atoms. The van der Waals surface area contributed by atoms with Gasteiger partial charge >= 0.3 is 0 Å². The van der Waals surface area contributed by atoms with Crippen LogP contribution in [0.1, 0.15) is 38.1 Å². The minimum atomic E-state index is -0.291. The van der Waals surface area contributed by atoms with E-state index in [1.807, 2.05) is 52.0 Å². The van der Waals surface area contributed by atoms with Crippen LogP contribution in [0.2, 0.25) is 5.02 Å². The highest BCUT2D eigenvalue weighted by Gasteiger charge is 2.13. The third-order valence-electron chi connectivity index (χ3n) is 4.17. The van der Waals surface area contributed by atoms with E-state index in [1.165, 1.54) is 10.9 Å². The Bertz CT molecular complexity index is 1200. The van der Waals surface area contributed by atoms with Crippen molar-refractivity contribution in [3.05, 3.63) is 100 Å². The fourth-order valence-corrected chi connectivity index (χ4v) is 3.01. The van der Waals surface area contributed by atoms with E-state index < -0.39 is 0 Å². The summed E-state index contributed by atoms with van der Waals surface area (Å²) in [5.74, 6) is -0.291. The second-order valence-corrected chi connectivity index (χ2v) is 6.33. The smallest absolute Gasteiger partial charge is 0.265 e. The van der Waals surface area contributed by atoms with Crippen LogP contribution in [-0.2, 0) is 0 Å². The number of nitrogens with zero attached hydrogens (tertiary/aromatic N) is 2. The highest BCUT2D eigenvalue weighted by Crippen LogP contribution is 2.22. The molecule has 31 heavy (non-hydrogen) atoms. The zero-order valence-electron chi connectivity index (χ0n) is 18.1. The van der Waals surface area contributed by atoms with Crippen LogP contribution in [0.25, 0.3) is 16.6 Å². The molecule has 0 aliphatic heterocycles. The normalized spacial score (nSPS) is 9.71. The molecule has 0 unspecified atom stereocenters. The van der Waals surface area contributed by atoms with Crippen molar-refractivity contribution in [1.82, 2.24) is 9.55 Å². The average molecular weight is 436 g/mol. The zero-order chi connectivity index (χ0) is 22.8. The second kappa shape index (κ2) is 11.7. The summed E-state index contributed by atoms with van der Waals surface area (Å²) in [6.45, 7) is 8.00. The number of fused-ring (bicyclic) bond motifs is 1. The van der Waals surface area contributed by atoms with Gasteiger partial charge in [0.05, 0.1) is 21.6 Å². The first kappa shape index (κ1) is 23.8. The van der Waals surface area contributed by atoms with Gasteiger partial charge in [-0.15, -0.1) is 0 Å². The van der Waals surface area contributed by atoms with Crippen LogP contribution < -0.4 is 10.9 Å². The summed E-state index contributed by atoms with van der Waals surface area (Å²) in [5.41, 5.74) is 1.83. The lowest BCUT2D eigenvalue weighted by Crippen LogP contribution is -2.20. The maximum absolute atomic E-state index is 12.8. The van der Waals surface area contributed by atoms with Crippen molar-refractivity contribution >= 4 is 34.1 Å². The summed E-state index contributed by atoms with van der Waals surface area (Å²) in [7, 11) is 0. The maximum atomic E-state index is 12.8. The van der Waals surface area contributed by atoms with Crippen LogP contribution in [0, 0.1) is 0 Å². The number of carbonyl (C=O) groups is 1. The topological polar surface area (TPSA) is 64.0 Å². The number of halogens is 1. The van der Waals surface area contributed by atoms with Gasteiger partial charge in [-0.25, -0.2) is 4.98 Å². The fourth-order valence-electron chi connectivity index (χ4n) is 2.80. The Hall–Kier alpha value is -3.44. The molecule has 0 fully saturated rings. The number of hydrogen-bond acceptors (Lipinski definition) is 3. The molecule has 0 aliphatic carbocycles. The van der Waals surface area contributed by atoms with Gasteiger partial charge in [0.1, 0.15) is 6.33 Å². The molecule has 5 nitrogen and oxygen atoms in total. The molecule has 0 spiro atoms. The van der Waals surface area contributed by atoms with Gasteiger partial charge in [0.15, 0.2) is 0 Å². The molecule has 1 aromatic heterocycles. The Morgan fingerprint density at radius 3 is 2.26 bits per heavy atom. The van der Waals surface area contributed by atoms with Gasteiger partial charge in [-0.2, -0.15) is 0 Å². The Morgan fingerprint density at radius 2 is 1.55 bits per heavy atom. The van der Waals surface area contributed by atoms with Crippen LogP contribution in [0.5, 0.6) is 0 Å². The molecule has 0 radical (unpaired) electrons. The van der Waals surface area contributed by atoms with Gasteiger partial charge in [0, 0.05) is 11.3 Å². The lowest BCUT2D eigenvalue weighted by Gasteiger charge is -2.11. The monoisotopic (exact) mass is 435 g/mol. The van der Waals surface area contributed by atoms with Crippen molar-refractivity contribution in [1.29, 1.82) is 0 Å². The van der Waals surface area contributed by atoms with Gasteiger partial charge in [0.2, 0.25) is 0 Å². The molecule has 0 atom stereocenters. The molecule has 3 aromatic carbocycles. The van der Waals surface area contributed by atoms with E-state index in [2.05, 4.69) is 10.3 Å². The summed E-state index contributed by atoms with van der Waals surface area (Å²) in [6.07, 6.45) is 1.42. The molecule has 4 aromatic rings. The van der Waals surface area contributed by atoms with Gasteiger partial charge < -0.3 is 5.32 Å². The quantitative estimate of drug-likeness (QED) is 0.408. The molecule has 0 saturated carbocycles. The zero-order valence-corrected chi connectivity index (χ0v) is 18.9. The highest BCUT2D eigenvalue weighted by molar-refractivity contribution is 6.32. The van der Waals surface area contributed by atoms with Crippen LogP contribution in [0.3, 0.4) is 0 Å². The van der Waals surface area contributed by atoms with E-state index in [4.69, 9.17) is 11.6 Å². The largest absolute Gasteiger partial charge is 0.322 e. The average Bonchev–Trinajstić information content (AvgIpc) is 2.83. The molecule has 4 rings (SSSR count). The fraction of sp³-hybridized carbons (Fsp3) is 0.160. The second-order valence-electron chi connectivity index (χ2n) is 5.92. The number of hydrogen-bond donors (Lipinski definition) is 1. The molecule has 1 amide bonds. The molecule has 0 saturated heterocycles. The Kier molecular flexibility index (Phi) is 8.97. The number of aromatic nitrogens is 2. The molecular formula is C25H26ClN3O2. The Morgan fingerprint density at radius 1 is 0.903 bits per heavy atom. The lowest BCUT2D eigenvalue weighted by atomic mass is 10.1. The number of carbonyl (C=O) groups excluding carboxylic acids is 1. The highest BCUT2D eigenvalue weighted by atomic mass is 35.5. The van der Waals surface area contributed by atoms with Crippen LogP contribution >= 0.6 is 11.6 Å². The molecule has 0 aliphatic rings. The van der Waals surface area contributed by atoms with Crippen LogP contribution in [-0.4, -0.2) is 15.5 Å². The summed E-state index contributed by atoms with van der Waals surface area (Å²) < 4.78 is 1.35. The molecule has 1 heterocycles. The summed E-state index contributed by atoms with van der Waals surface area (Å²) in [5, 5.41) is 3.65. The van der Waals surface area contributed by atoms with Crippen molar-refractivity contribution in [2.24, 2.45) is 0 Å². The van der Waals surface area contributed by atoms with E-state index in [0.717, 1.165) is 0 Å². The minimum absolute atomic E-state index is 0.247. The predicted octanol–water partition coefficient (Wildman–Crippen LogP) is 6.34. The van der Waals surface area contributed by atoms with Gasteiger partial charge in [-0.05, 0) is 42.5 Å². The van der Waals surface area contributed by atoms with Crippen molar-refractivity contribution in [3.63, 3.8) is 0 Å². The summed E-state index contributed by atoms with van der Waals surface area (Å²) in [4.78, 5) is 29.7. The van der Waals surface area contributed by atoms with Gasteiger partial charge in [0.25, 0.3) is 11.5 Å². The molecular weight excluding hydrogens is 410 g/mol. The van der Waals surface area contributed by atoms with Crippen molar-refractivity contribution < 1.29 is 4.79 Å². The molecule has 160 valence electrons. The van der Waals surface area contributed by atoms with E-state index >= 15 is 0 Å². The van der Waals surface area contributed by atoms with E-state index in [1.54, 1.807) is 48.5 Å². The first-order valence-corrected chi connectivity index (χ1v) is 10.6. The minimum Gasteiger partial charge on any atom is -0.322 e. The van der Waals surface area contributed by atoms with E-state index in [0.29, 0.717) is 32.9 Å². The Balaban J connectivity index is 0.000000807. The van der Waals surface area contributed by atoms with Gasteiger partial charge in [-0.1, -0.05) is 69.6 Å². The SMILES string of the molecule is CC.CC.O=C(Nc1ccccc1)c1ccc(Cl)c(-n2cnc3ccccc3c2=O)c1. The van der Waals surface area contributed by atoms with Crippen LogP contribution in [0.4, 0.5) is 5.69 Å². The van der Waals surface area contributed by atoms with E-state index in [-0.39, 0.29) is 11.5 Å². The number of nitrogens with one attached hydrogen (secondary N) is 1. The predicted molar refractivity (Wildman–Crippen MR) is 129 cm³/mol. The summed E-state index contributed by atoms with van der Waals surface area (Å²) in [6, 6.07) is 21.0. The maximum Gasteiger partial charge on any atom is 0.265 e.